The Bertz CT molecular complexity index is 694. The van der Waals surface area contributed by atoms with Crippen molar-refractivity contribution >= 4 is 39.8 Å². The first-order valence-corrected chi connectivity index (χ1v) is 6.99. The lowest BCUT2D eigenvalue weighted by molar-refractivity contribution is 0.0701. The Labute approximate surface area is 125 Å². The van der Waals surface area contributed by atoms with Gasteiger partial charge in [0.2, 0.25) is 0 Å². The lowest BCUT2D eigenvalue weighted by atomic mass is 10.1. The first-order valence-electron chi connectivity index (χ1n) is 5.80. The van der Waals surface area contributed by atoms with E-state index in [0.717, 1.165) is 16.9 Å². The molecule has 4 nitrogen and oxygen atoms in total. The van der Waals surface area contributed by atoms with Crippen LogP contribution in [0.25, 0.3) is 0 Å². The summed E-state index contributed by atoms with van der Waals surface area (Å²) in [6, 6.07) is 6.83. The van der Waals surface area contributed by atoms with Crippen LogP contribution >= 0.6 is 22.9 Å². The number of anilines is 1. The molecular weight excluding hydrogens is 298 g/mol. The molecule has 1 aromatic carbocycles. The second kappa shape index (κ2) is 5.64. The minimum atomic E-state index is -0.999. The summed E-state index contributed by atoms with van der Waals surface area (Å²) < 4.78 is 0. The Kier molecular flexibility index (Phi) is 4.11. The molecule has 0 radical (unpaired) electrons. The molecule has 0 atom stereocenters. The van der Waals surface area contributed by atoms with Gasteiger partial charge in [0.1, 0.15) is 4.88 Å². The number of hydrogen-bond donors (Lipinski definition) is 2. The maximum absolute atomic E-state index is 12.1. The van der Waals surface area contributed by atoms with Crippen molar-refractivity contribution in [3.63, 3.8) is 0 Å². The minimum Gasteiger partial charge on any atom is -0.477 e. The molecule has 0 aliphatic heterocycles. The Morgan fingerprint density at radius 1 is 1.25 bits per heavy atom. The monoisotopic (exact) mass is 309 g/mol. The lowest BCUT2D eigenvalue weighted by Gasteiger charge is -2.06. The van der Waals surface area contributed by atoms with Gasteiger partial charge in [-0.1, -0.05) is 23.7 Å². The molecule has 0 saturated heterocycles. The molecule has 1 aromatic heterocycles. The van der Waals surface area contributed by atoms with E-state index in [-0.39, 0.29) is 10.8 Å². The van der Waals surface area contributed by atoms with Crippen LogP contribution in [0.2, 0.25) is 5.02 Å². The van der Waals surface area contributed by atoms with Gasteiger partial charge in [-0.25, -0.2) is 4.79 Å². The van der Waals surface area contributed by atoms with E-state index in [1.54, 1.807) is 25.1 Å². The molecular formula is C14H12ClNO3S. The Morgan fingerprint density at radius 2 is 1.95 bits per heavy atom. The normalized spacial score (nSPS) is 10.3. The van der Waals surface area contributed by atoms with Crippen LogP contribution < -0.4 is 5.32 Å². The molecule has 0 spiro atoms. The highest BCUT2D eigenvalue weighted by Gasteiger charge is 2.16. The maximum Gasteiger partial charge on any atom is 0.346 e. The number of halogens is 1. The highest BCUT2D eigenvalue weighted by molar-refractivity contribution is 7.18. The van der Waals surface area contributed by atoms with Gasteiger partial charge in [-0.05, 0) is 37.1 Å². The number of carboxylic acid groups (broad SMARTS) is 1. The molecule has 0 fully saturated rings. The lowest BCUT2D eigenvalue weighted by Crippen LogP contribution is -2.11. The minimum absolute atomic E-state index is 0.218. The number of carbonyl (C=O) groups excluding carboxylic acids is 1. The summed E-state index contributed by atoms with van der Waals surface area (Å²) in [7, 11) is 0. The predicted octanol–water partition coefficient (Wildman–Crippen LogP) is 3.97. The van der Waals surface area contributed by atoms with Crippen molar-refractivity contribution < 1.29 is 14.7 Å². The van der Waals surface area contributed by atoms with Crippen molar-refractivity contribution in [2.45, 2.75) is 13.8 Å². The number of benzene rings is 1. The molecule has 1 amide bonds. The summed E-state index contributed by atoms with van der Waals surface area (Å²) >= 11 is 7.12. The van der Waals surface area contributed by atoms with Gasteiger partial charge >= 0.3 is 5.97 Å². The van der Waals surface area contributed by atoms with E-state index in [0.29, 0.717) is 21.2 Å². The second-order valence-electron chi connectivity index (χ2n) is 4.32. The zero-order chi connectivity index (χ0) is 14.9. The molecule has 0 aliphatic carbocycles. The number of aryl methyl sites for hydroxylation is 2. The number of nitrogens with one attached hydrogen (secondary N) is 1. The molecule has 104 valence electrons. The molecule has 2 rings (SSSR count). The summed E-state index contributed by atoms with van der Waals surface area (Å²) in [6.45, 7) is 3.51. The van der Waals surface area contributed by atoms with Gasteiger partial charge < -0.3 is 10.4 Å². The summed E-state index contributed by atoms with van der Waals surface area (Å²) in [5.41, 5.74) is 1.80. The van der Waals surface area contributed by atoms with E-state index in [2.05, 4.69) is 5.32 Å². The van der Waals surface area contributed by atoms with Gasteiger partial charge in [0, 0.05) is 0 Å². The first-order chi connectivity index (χ1) is 9.40. The van der Waals surface area contributed by atoms with E-state index < -0.39 is 5.97 Å². The van der Waals surface area contributed by atoms with Gasteiger partial charge in [-0.3, -0.25) is 4.79 Å². The van der Waals surface area contributed by atoms with E-state index in [4.69, 9.17) is 16.7 Å². The predicted molar refractivity (Wildman–Crippen MR) is 80.2 cm³/mol. The average Bonchev–Trinajstić information content (AvgIpc) is 2.73. The van der Waals surface area contributed by atoms with Crippen LogP contribution in [0.1, 0.15) is 31.2 Å². The van der Waals surface area contributed by atoms with E-state index in [9.17, 15) is 9.59 Å². The van der Waals surface area contributed by atoms with Crippen molar-refractivity contribution in [3.05, 3.63) is 50.9 Å². The number of rotatable bonds is 3. The molecule has 20 heavy (non-hydrogen) atoms. The zero-order valence-electron chi connectivity index (χ0n) is 10.9. The van der Waals surface area contributed by atoms with Crippen LogP contribution in [-0.4, -0.2) is 17.0 Å². The van der Waals surface area contributed by atoms with E-state index in [1.165, 1.54) is 0 Å². The van der Waals surface area contributed by atoms with Gasteiger partial charge in [-0.2, -0.15) is 0 Å². The third kappa shape index (κ3) is 2.84. The topological polar surface area (TPSA) is 66.4 Å². The highest BCUT2D eigenvalue weighted by Crippen LogP contribution is 2.28. The number of aromatic carboxylic acids is 1. The summed E-state index contributed by atoms with van der Waals surface area (Å²) in [4.78, 5) is 23.3. The fourth-order valence-corrected chi connectivity index (χ4v) is 2.88. The molecule has 6 heteroatoms. The van der Waals surface area contributed by atoms with E-state index in [1.807, 2.05) is 13.0 Å². The fourth-order valence-electron chi connectivity index (χ4n) is 1.76. The van der Waals surface area contributed by atoms with Crippen LogP contribution in [0.3, 0.4) is 0 Å². The Morgan fingerprint density at radius 3 is 2.55 bits per heavy atom. The van der Waals surface area contributed by atoms with Crippen molar-refractivity contribution in [1.82, 2.24) is 0 Å². The standard InChI is InChI=1S/C14H12ClNO3S/c1-7-4-3-5-9(11(7)15)13(17)16-10-6-8(2)12(20-10)14(18)19/h3-6H,1-2H3,(H,16,17)(H,18,19). The Balaban J connectivity index is 2.26. The van der Waals surface area contributed by atoms with Crippen molar-refractivity contribution in [3.8, 4) is 0 Å². The third-order valence-electron chi connectivity index (χ3n) is 2.79. The third-order valence-corrected chi connectivity index (χ3v) is 4.43. The number of carbonyl (C=O) groups is 2. The molecule has 0 aliphatic rings. The van der Waals surface area contributed by atoms with Gasteiger partial charge in [0.05, 0.1) is 15.6 Å². The van der Waals surface area contributed by atoms with Crippen molar-refractivity contribution in [2.24, 2.45) is 0 Å². The first kappa shape index (κ1) is 14.6. The van der Waals surface area contributed by atoms with Crippen LogP contribution in [0.4, 0.5) is 5.00 Å². The summed E-state index contributed by atoms with van der Waals surface area (Å²) in [5, 5.41) is 12.5. The fraction of sp³-hybridized carbons (Fsp3) is 0.143. The molecule has 0 bridgehead atoms. The highest BCUT2D eigenvalue weighted by atomic mass is 35.5. The van der Waals surface area contributed by atoms with Gasteiger partial charge in [0.15, 0.2) is 0 Å². The van der Waals surface area contributed by atoms with Crippen LogP contribution in [-0.2, 0) is 0 Å². The summed E-state index contributed by atoms with van der Waals surface area (Å²) in [6.07, 6.45) is 0. The van der Waals surface area contributed by atoms with Crippen LogP contribution in [0, 0.1) is 13.8 Å². The second-order valence-corrected chi connectivity index (χ2v) is 5.75. The van der Waals surface area contributed by atoms with Crippen LogP contribution in [0.15, 0.2) is 24.3 Å². The molecule has 0 saturated carbocycles. The zero-order valence-corrected chi connectivity index (χ0v) is 12.4. The largest absolute Gasteiger partial charge is 0.477 e. The average molecular weight is 310 g/mol. The Hall–Kier alpha value is -1.85. The smallest absolute Gasteiger partial charge is 0.346 e. The van der Waals surface area contributed by atoms with Gasteiger partial charge in [0.25, 0.3) is 5.91 Å². The molecule has 2 aromatic rings. The van der Waals surface area contributed by atoms with Crippen LogP contribution in [0.5, 0.6) is 0 Å². The van der Waals surface area contributed by atoms with Gasteiger partial charge in [-0.15, -0.1) is 11.3 Å². The number of amides is 1. The SMILES string of the molecule is Cc1cc(NC(=O)c2cccc(C)c2Cl)sc1C(=O)O. The van der Waals surface area contributed by atoms with E-state index >= 15 is 0 Å². The molecule has 1 heterocycles. The quantitative estimate of drug-likeness (QED) is 0.901. The molecule has 0 unspecified atom stereocenters. The van der Waals surface area contributed by atoms with Crippen molar-refractivity contribution in [2.75, 3.05) is 5.32 Å². The number of hydrogen-bond acceptors (Lipinski definition) is 3. The number of thiophene rings is 1. The maximum atomic E-state index is 12.1. The van der Waals surface area contributed by atoms with Crippen molar-refractivity contribution in [1.29, 1.82) is 0 Å². The summed E-state index contributed by atoms with van der Waals surface area (Å²) in [5.74, 6) is -1.35. The molecule has 2 N–H and O–H groups in total. The number of carboxylic acids is 1.